The van der Waals surface area contributed by atoms with Crippen LogP contribution in [0.25, 0.3) is 0 Å². The second kappa shape index (κ2) is 16.8. The van der Waals surface area contributed by atoms with Gasteiger partial charge in [-0.2, -0.15) is 0 Å². The molecule has 9 atom stereocenters. The normalized spacial score (nSPS) is 34.0. The van der Waals surface area contributed by atoms with Gasteiger partial charge in [-0.1, -0.05) is 58.6 Å². The van der Waals surface area contributed by atoms with E-state index in [1.807, 2.05) is 4.90 Å². The van der Waals surface area contributed by atoms with Crippen molar-refractivity contribution in [2.75, 3.05) is 26.2 Å². The van der Waals surface area contributed by atoms with Gasteiger partial charge in [0.25, 0.3) is 0 Å². The van der Waals surface area contributed by atoms with Gasteiger partial charge in [-0.15, -0.1) is 0 Å². The molecule has 0 bridgehead atoms. The van der Waals surface area contributed by atoms with Crippen molar-refractivity contribution in [1.29, 1.82) is 0 Å². The molecule has 9 unspecified atom stereocenters. The SMILES string of the molecule is CC(C)CCCCC1CCC2C3CC=C4CC(OC(=O)N(CCCCNC(C)CCN)C(C)CCN)CCC4(C)C3CCC12C. The fourth-order valence-corrected chi connectivity index (χ4v) is 10.5. The quantitative estimate of drug-likeness (QED) is 0.111. The Labute approximate surface area is 277 Å². The summed E-state index contributed by atoms with van der Waals surface area (Å²) in [6.45, 7) is 17.3. The molecular weight excluding hydrogens is 556 g/mol. The molecule has 3 saturated carbocycles. The van der Waals surface area contributed by atoms with Crippen molar-refractivity contribution >= 4 is 6.09 Å². The Morgan fingerprint density at radius 2 is 1.73 bits per heavy atom. The highest BCUT2D eigenvalue weighted by molar-refractivity contribution is 5.68. The molecule has 0 saturated heterocycles. The van der Waals surface area contributed by atoms with Gasteiger partial charge >= 0.3 is 6.09 Å². The monoisotopic (exact) mass is 629 g/mol. The predicted octanol–water partition coefficient (Wildman–Crippen LogP) is 8.43. The molecule has 4 rings (SSSR count). The van der Waals surface area contributed by atoms with Crippen molar-refractivity contribution in [3.63, 3.8) is 0 Å². The molecule has 45 heavy (non-hydrogen) atoms. The van der Waals surface area contributed by atoms with Crippen molar-refractivity contribution in [2.24, 2.45) is 51.9 Å². The van der Waals surface area contributed by atoms with Gasteiger partial charge < -0.3 is 26.4 Å². The van der Waals surface area contributed by atoms with Crippen LogP contribution in [0.3, 0.4) is 0 Å². The Kier molecular flexibility index (Phi) is 13.7. The van der Waals surface area contributed by atoms with Crippen LogP contribution < -0.4 is 16.8 Å². The van der Waals surface area contributed by atoms with E-state index in [9.17, 15) is 4.79 Å². The number of nitrogens with one attached hydrogen (secondary N) is 1. The highest BCUT2D eigenvalue weighted by Gasteiger charge is 2.58. The standard InChI is InChI=1S/C39H72N4O2/c1-28(2)11-7-8-12-31-14-16-35-34-15-13-32-27-33(17-21-39(32,6)36(34)18-22-38(31,35)5)45-37(44)43(30(4)20-24-41)26-10-9-25-42-29(3)19-23-40/h13,28-31,33-36,42H,7-12,14-27,40-41H2,1-6H3. The van der Waals surface area contributed by atoms with E-state index in [1.165, 1.54) is 57.8 Å². The third-order valence-corrected chi connectivity index (χ3v) is 13.4. The number of nitrogens with two attached hydrogens (primary N) is 2. The summed E-state index contributed by atoms with van der Waals surface area (Å²) in [5.41, 5.74) is 14.0. The van der Waals surface area contributed by atoms with E-state index in [0.29, 0.717) is 24.5 Å². The van der Waals surface area contributed by atoms with E-state index < -0.39 is 0 Å². The number of allylic oxidation sites excluding steroid dienone is 1. The van der Waals surface area contributed by atoms with Crippen LogP contribution in [0, 0.1) is 40.4 Å². The number of carbonyl (C=O) groups excluding carboxylic acids is 1. The summed E-state index contributed by atoms with van der Waals surface area (Å²) in [6, 6.07) is 0.531. The minimum absolute atomic E-state index is 0.00436. The molecule has 0 aliphatic heterocycles. The van der Waals surface area contributed by atoms with E-state index >= 15 is 0 Å². The molecule has 0 aromatic carbocycles. The van der Waals surface area contributed by atoms with Crippen molar-refractivity contribution in [1.82, 2.24) is 10.2 Å². The molecule has 260 valence electrons. The number of amides is 1. The van der Waals surface area contributed by atoms with Crippen molar-refractivity contribution in [3.05, 3.63) is 11.6 Å². The first-order chi connectivity index (χ1) is 21.5. The molecule has 0 spiro atoms. The maximum Gasteiger partial charge on any atom is 0.410 e. The molecule has 1 amide bonds. The highest BCUT2D eigenvalue weighted by Crippen LogP contribution is 2.66. The van der Waals surface area contributed by atoms with Crippen LogP contribution in [0.4, 0.5) is 4.79 Å². The smallest absolute Gasteiger partial charge is 0.410 e. The minimum Gasteiger partial charge on any atom is -0.446 e. The van der Waals surface area contributed by atoms with Crippen molar-refractivity contribution in [3.8, 4) is 0 Å². The lowest BCUT2D eigenvalue weighted by Crippen LogP contribution is -2.51. The minimum atomic E-state index is -0.137. The number of rotatable bonds is 17. The van der Waals surface area contributed by atoms with Crippen LogP contribution in [-0.2, 0) is 4.74 Å². The lowest BCUT2D eigenvalue weighted by atomic mass is 9.47. The molecule has 0 radical (unpaired) electrons. The second-order valence-electron chi connectivity index (χ2n) is 16.8. The summed E-state index contributed by atoms with van der Waals surface area (Å²) in [5.74, 6) is 4.31. The van der Waals surface area contributed by atoms with Crippen LogP contribution in [0.15, 0.2) is 11.6 Å². The number of fused-ring (bicyclic) bond motifs is 5. The molecule has 3 fully saturated rings. The van der Waals surface area contributed by atoms with E-state index in [0.717, 1.165) is 87.6 Å². The number of ether oxygens (including phenoxy) is 1. The fourth-order valence-electron chi connectivity index (χ4n) is 10.5. The Hall–Kier alpha value is -1.11. The van der Waals surface area contributed by atoms with E-state index in [-0.39, 0.29) is 23.7 Å². The zero-order valence-electron chi connectivity index (χ0n) is 30.3. The third-order valence-electron chi connectivity index (χ3n) is 13.4. The fraction of sp³-hybridized carbons (Fsp3) is 0.923. The van der Waals surface area contributed by atoms with Crippen molar-refractivity contribution < 1.29 is 9.53 Å². The van der Waals surface area contributed by atoms with E-state index in [2.05, 4.69) is 52.9 Å². The maximum absolute atomic E-state index is 13.6. The van der Waals surface area contributed by atoms with E-state index in [1.54, 1.807) is 5.57 Å². The molecular formula is C39H72N4O2. The van der Waals surface area contributed by atoms with Crippen LogP contribution in [0.1, 0.15) is 144 Å². The van der Waals surface area contributed by atoms with E-state index in [4.69, 9.17) is 16.2 Å². The topological polar surface area (TPSA) is 93.6 Å². The van der Waals surface area contributed by atoms with Gasteiger partial charge in [0.15, 0.2) is 0 Å². The second-order valence-corrected chi connectivity index (χ2v) is 16.8. The van der Waals surface area contributed by atoms with Gasteiger partial charge in [0, 0.05) is 25.0 Å². The molecule has 4 aliphatic rings. The number of unbranched alkanes of at least 4 members (excludes halogenated alkanes) is 2. The Bertz CT molecular complexity index is 953. The van der Waals surface area contributed by atoms with Crippen molar-refractivity contribution in [2.45, 2.75) is 162 Å². The summed E-state index contributed by atoms with van der Waals surface area (Å²) >= 11 is 0. The van der Waals surface area contributed by atoms with Crippen LogP contribution in [0.5, 0.6) is 0 Å². The largest absolute Gasteiger partial charge is 0.446 e. The molecule has 0 heterocycles. The Morgan fingerprint density at radius 3 is 2.47 bits per heavy atom. The van der Waals surface area contributed by atoms with Crippen LogP contribution in [-0.4, -0.2) is 55.4 Å². The summed E-state index contributed by atoms with van der Waals surface area (Å²) in [4.78, 5) is 15.5. The first kappa shape index (κ1) is 36.7. The molecule has 4 aliphatic carbocycles. The Morgan fingerprint density at radius 1 is 0.956 bits per heavy atom. The van der Waals surface area contributed by atoms with Gasteiger partial charge in [0.2, 0.25) is 0 Å². The molecule has 0 aromatic rings. The first-order valence-corrected chi connectivity index (χ1v) is 19.3. The first-order valence-electron chi connectivity index (χ1n) is 19.3. The zero-order valence-corrected chi connectivity index (χ0v) is 30.3. The number of carbonyl (C=O) groups is 1. The molecule has 5 N–H and O–H groups in total. The van der Waals surface area contributed by atoms with Gasteiger partial charge in [0.1, 0.15) is 6.10 Å². The van der Waals surface area contributed by atoms with Crippen LogP contribution in [0.2, 0.25) is 0 Å². The van der Waals surface area contributed by atoms with Crippen LogP contribution >= 0.6 is 0 Å². The molecule has 0 aromatic heterocycles. The molecule has 6 nitrogen and oxygen atoms in total. The zero-order chi connectivity index (χ0) is 32.6. The number of hydrogen-bond acceptors (Lipinski definition) is 5. The van der Waals surface area contributed by atoms with Gasteiger partial charge in [0.05, 0.1) is 0 Å². The number of hydrogen-bond donors (Lipinski definition) is 3. The Balaban J connectivity index is 1.32. The summed E-state index contributed by atoms with van der Waals surface area (Å²) in [5, 5.41) is 3.55. The predicted molar refractivity (Wildman–Crippen MR) is 189 cm³/mol. The lowest BCUT2D eigenvalue weighted by Gasteiger charge is -2.58. The maximum atomic E-state index is 13.6. The third kappa shape index (κ3) is 8.87. The van der Waals surface area contributed by atoms with Gasteiger partial charge in [-0.05, 0) is 151 Å². The average molecular weight is 629 g/mol. The summed E-state index contributed by atoms with van der Waals surface area (Å²) in [6.07, 6.45) is 22.0. The van der Waals surface area contributed by atoms with Gasteiger partial charge in [-0.25, -0.2) is 4.79 Å². The molecule has 6 heteroatoms. The van der Waals surface area contributed by atoms with Gasteiger partial charge in [-0.3, -0.25) is 0 Å². The highest BCUT2D eigenvalue weighted by atomic mass is 16.6. The number of nitrogens with zero attached hydrogens (tertiary/aromatic N) is 1. The average Bonchev–Trinajstić information content (AvgIpc) is 3.33. The summed E-state index contributed by atoms with van der Waals surface area (Å²) < 4.78 is 6.31. The lowest BCUT2D eigenvalue weighted by molar-refractivity contribution is -0.0538. The summed E-state index contributed by atoms with van der Waals surface area (Å²) in [7, 11) is 0.